The quantitative estimate of drug-likeness (QED) is 0.843. The Bertz CT molecular complexity index is 706. The Hall–Kier alpha value is -2.22. The molecule has 1 saturated heterocycles. The van der Waals surface area contributed by atoms with Gasteiger partial charge in [0.1, 0.15) is 11.5 Å². The SMILES string of the molecule is Cc1noc(C)c1CC(=O)N1CCCN(C(=O)c2cscn2)CC1. The Morgan fingerprint density at radius 1 is 1.21 bits per heavy atom. The van der Waals surface area contributed by atoms with Crippen LogP contribution in [0.25, 0.3) is 0 Å². The summed E-state index contributed by atoms with van der Waals surface area (Å²) in [5.41, 5.74) is 3.76. The molecule has 8 heteroatoms. The molecule has 0 N–H and O–H groups in total. The number of rotatable bonds is 3. The van der Waals surface area contributed by atoms with E-state index in [-0.39, 0.29) is 11.8 Å². The first-order chi connectivity index (χ1) is 11.6. The lowest BCUT2D eigenvalue weighted by atomic mass is 10.1. The van der Waals surface area contributed by atoms with Gasteiger partial charge in [-0.15, -0.1) is 11.3 Å². The first-order valence-electron chi connectivity index (χ1n) is 7.93. The normalized spacial score (nSPS) is 15.4. The van der Waals surface area contributed by atoms with Gasteiger partial charge in [0.25, 0.3) is 5.91 Å². The maximum Gasteiger partial charge on any atom is 0.273 e. The van der Waals surface area contributed by atoms with Crippen molar-refractivity contribution in [3.05, 3.63) is 33.6 Å². The van der Waals surface area contributed by atoms with Gasteiger partial charge < -0.3 is 14.3 Å². The fourth-order valence-corrected chi connectivity index (χ4v) is 3.39. The van der Waals surface area contributed by atoms with Crippen LogP contribution < -0.4 is 0 Å². The molecule has 0 radical (unpaired) electrons. The van der Waals surface area contributed by atoms with Crippen LogP contribution in [0.5, 0.6) is 0 Å². The molecule has 3 rings (SSSR count). The van der Waals surface area contributed by atoms with Gasteiger partial charge in [-0.25, -0.2) is 4.98 Å². The molecule has 0 saturated carbocycles. The van der Waals surface area contributed by atoms with E-state index in [2.05, 4.69) is 10.1 Å². The van der Waals surface area contributed by atoms with E-state index in [1.165, 1.54) is 11.3 Å². The van der Waals surface area contributed by atoms with Crippen molar-refractivity contribution in [1.29, 1.82) is 0 Å². The second-order valence-corrected chi connectivity index (χ2v) is 6.60. The van der Waals surface area contributed by atoms with Gasteiger partial charge in [-0.05, 0) is 20.3 Å². The second kappa shape index (κ2) is 7.12. The van der Waals surface area contributed by atoms with Crippen LogP contribution in [0.15, 0.2) is 15.4 Å². The summed E-state index contributed by atoms with van der Waals surface area (Å²) in [5.74, 6) is 0.680. The minimum Gasteiger partial charge on any atom is -0.361 e. The third-order valence-electron chi connectivity index (χ3n) is 4.30. The minimum absolute atomic E-state index is 0.0485. The summed E-state index contributed by atoms with van der Waals surface area (Å²) in [5, 5.41) is 5.65. The number of hydrogen-bond acceptors (Lipinski definition) is 6. The van der Waals surface area contributed by atoms with Crippen LogP contribution in [0.4, 0.5) is 0 Å². The second-order valence-electron chi connectivity index (χ2n) is 5.88. The summed E-state index contributed by atoms with van der Waals surface area (Å²) in [6.45, 7) is 6.03. The number of carbonyl (C=O) groups is 2. The van der Waals surface area contributed by atoms with Gasteiger partial charge in [-0.1, -0.05) is 5.16 Å². The fourth-order valence-electron chi connectivity index (χ4n) is 2.87. The molecule has 2 aromatic rings. The predicted octanol–water partition coefficient (Wildman–Crippen LogP) is 1.67. The average molecular weight is 348 g/mol. The summed E-state index contributed by atoms with van der Waals surface area (Å²) in [6, 6.07) is 0. The first kappa shape index (κ1) is 16.6. The Morgan fingerprint density at radius 2 is 1.96 bits per heavy atom. The fraction of sp³-hybridized carbons (Fsp3) is 0.500. The molecular weight excluding hydrogens is 328 g/mol. The zero-order chi connectivity index (χ0) is 17.1. The maximum atomic E-state index is 12.6. The van der Waals surface area contributed by atoms with Crippen molar-refractivity contribution >= 4 is 23.2 Å². The van der Waals surface area contributed by atoms with E-state index in [1.54, 1.807) is 15.8 Å². The van der Waals surface area contributed by atoms with Crippen LogP contribution in [0, 0.1) is 13.8 Å². The molecule has 24 heavy (non-hydrogen) atoms. The highest BCUT2D eigenvalue weighted by atomic mass is 32.1. The van der Waals surface area contributed by atoms with Crippen molar-refractivity contribution in [3.8, 4) is 0 Å². The van der Waals surface area contributed by atoms with Crippen LogP contribution in [-0.2, 0) is 11.2 Å². The van der Waals surface area contributed by atoms with E-state index in [9.17, 15) is 9.59 Å². The predicted molar refractivity (Wildman–Crippen MR) is 88.9 cm³/mol. The van der Waals surface area contributed by atoms with Gasteiger partial charge in [0.2, 0.25) is 5.91 Å². The van der Waals surface area contributed by atoms with Gasteiger partial charge in [0, 0.05) is 37.1 Å². The monoisotopic (exact) mass is 348 g/mol. The number of thiazole rings is 1. The number of aryl methyl sites for hydroxylation is 2. The molecule has 0 atom stereocenters. The highest BCUT2D eigenvalue weighted by molar-refractivity contribution is 7.07. The van der Waals surface area contributed by atoms with Crippen LogP contribution in [0.2, 0.25) is 0 Å². The smallest absolute Gasteiger partial charge is 0.273 e. The van der Waals surface area contributed by atoms with Crippen molar-refractivity contribution < 1.29 is 14.1 Å². The summed E-state index contributed by atoms with van der Waals surface area (Å²) in [7, 11) is 0. The van der Waals surface area contributed by atoms with Crippen LogP contribution >= 0.6 is 11.3 Å². The van der Waals surface area contributed by atoms with E-state index in [0.717, 1.165) is 17.7 Å². The van der Waals surface area contributed by atoms with E-state index in [4.69, 9.17) is 4.52 Å². The molecule has 0 bridgehead atoms. The lowest BCUT2D eigenvalue weighted by molar-refractivity contribution is -0.130. The van der Waals surface area contributed by atoms with Crippen molar-refractivity contribution in [2.45, 2.75) is 26.7 Å². The molecule has 2 amide bonds. The van der Waals surface area contributed by atoms with Crippen molar-refractivity contribution in [1.82, 2.24) is 19.9 Å². The van der Waals surface area contributed by atoms with Gasteiger partial charge in [0.05, 0.1) is 17.6 Å². The highest BCUT2D eigenvalue weighted by Crippen LogP contribution is 2.15. The zero-order valence-corrected chi connectivity index (χ0v) is 14.6. The molecule has 0 unspecified atom stereocenters. The first-order valence-corrected chi connectivity index (χ1v) is 8.87. The topological polar surface area (TPSA) is 79.5 Å². The summed E-state index contributed by atoms with van der Waals surface area (Å²) >= 11 is 1.41. The van der Waals surface area contributed by atoms with Crippen molar-refractivity contribution in [2.24, 2.45) is 0 Å². The van der Waals surface area contributed by atoms with Crippen LogP contribution in [-0.4, -0.2) is 57.9 Å². The molecule has 1 fully saturated rings. The summed E-state index contributed by atoms with van der Waals surface area (Å²) < 4.78 is 5.12. The third kappa shape index (κ3) is 3.48. The molecule has 0 aliphatic carbocycles. The number of nitrogens with zero attached hydrogens (tertiary/aromatic N) is 4. The Kier molecular flexibility index (Phi) is 4.94. The Balaban J connectivity index is 1.61. The molecule has 0 aromatic carbocycles. The standard InChI is InChI=1S/C16H20N4O3S/c1-11-13(12(2)23-18-11)8-15(21)19-4-3-5-20(7-6-19)16(22)14-9-24-10-17-14/h9-10H,3-8H2,1-2H3. The summed E-state index contributed by atoms with van der Waals surface area (Å²) in [4.78, 5) is 32.6. The molecule has 2 aromatic heterocycles. The molecule has 128 valence electrons. The van der Waals surface area contributed by atoms with Gasteiger partial charge >= 0.3 is 0 Å². The Morgan fingerprint density at radius 3 is 2.62 bits per heavy atom. The lowest BCUT2D eigenvalue weighted by Crippen LogP contribution is -2.38. The van der Waals surface area contributed by atoms with E-state index in [1.807, 2.05) is 18.7 Å². The molecule has 0 spiro atoms. The van der Waals surface area contributed by atoms with Crippen molar-refractivity contribution in [2.75, 3.05) is 26.2 Å². The lowest BCUT2D eigenvalue weighted by Gasteiger charge is -2.21. The van der Waals surface area contributed by atoms with Crippen molar-refractivity contribution in [3.63, 3.8) is 0 Å². The van der Waals surface area contributed by atoms with Gasteiger partial charge in [0.15, 0.2) is 0 Å². The van der Waals surface area contributed by atoms with Gasteiger partial charge in [-0.2, -0.15) is 0 Å². The minimum atomic E-state index is -0.0590. The number of carbonyl (C=O) groups excluding carboxylic acids is 2. The van der Waals surface area contributed by atoms with E-state index >= 15 is 0 Å². The van der Waals surface area contributed by atoms with Crippen LogP contribution in [0.1, 0.15) is 33.9 Å². The zero-order valence-electron chi connectivity index (χ0n) is 13.8. The number of aromatic nitrogens is 2. The van der Waals surface area contributed by atoms with E-state index in [0.29, 0.717) is 44.1 Å². The summed E-state index contributed by atoms with van der Waals surface area (Å²) in [6.07, 6.45) is 1.06. The number of hydrogen-bond donors (Lipinski definition) is 0. The molecular formula is C16H20N4O3S. The van der Waals surface area contributed by atoms with E-state index < -0.39 is 0 Å². The molecule has 7 nitrogen and oxygen atoms in total. The van der Waals surface area contributed by atoms with Crippen LogP contribution in [0.3, 0.4) is 0 Å². The highest BCUT2D eigenvalue weighted by Gasteiger charge is 2.24. The molecule has 1 aliphatic heterocycles. The number of amides is 2. The maximum absolute atomic E-state index is 12.6. The molecule has 3 heterocycles. The Labute approximate surface area is 144 Å². The molecule has 1 aliphatic rings. The average Bonchev–Trinajstić information content (AvgIpc) is 3.13. The van der Waals surface area contributed by atoms with Gasteiger partial charge in [-0.3, -0.25) is 9.59 Å². The largest absolute Gasteiger partial charge is 0.361 e. The third-order valence-corrected chi connectivity index (χ3v) is 4.88.